The molecule has 2 N–H and O–H groups in total. The summed E-state index contributed by atoms with van der Waals surface area (Å²) in [6, 6.07) is 18.6. The summed E-state index contributed by atoms with van der Waals surface area (Å²) in [6.07, 6.45) is 2.89. The summed E-state index contributed by atoms with van der Waals surface area (Å²) in [5.41, 5.74) is 2.42. The minimum Gasteiger partial charge on any atom is -0.354 e. The van der Waals surface area contributed by atoms with E-state index in [1.165, 1.54) is 16.0 Å². The normalized spacial score (nSPS) is 11.1. The number of benzene rings is 2. The molecule has 1 amide bonds. The molecule has 0 heterocycles. The van der Waals surface area contributed by atoms with Crippen molar-refractivity contribution in [3.63, 3.8) is 0 Å². The van der Waals surface area contributed by atoms with Gasteiger partial charge in [0.25, 0.3) is 0 Å². The highest BCUT2D eigenvalue weighted by Crippen LogP contribution is 2.15. The lowest BCUT2D eigenvalue weighted by Crippen LogP contribution is -2.44. The van der Waals surface area contributed by atoms with Gasteiger partial charge in [-0.2, -0.15) is 0 Å². The molecule has 0 aliphatic rings. The molecule has 0 fully saturated rings. The molecule has 0 saturated heterocycles. The Hall–Kier alpha value is -2.47. The van der Waals surface area contributed by atoms with Crippen molar-refractivity contribution in [3.05, 3.63) is 65.7 Å². The van der Waals surface area contributed by atoms with E-state index in [0.717, 1.165) is 13.0 Å². The summed E-state index contributed by atoms with van der Waals surface area (Å²) >= 11 is 1.73. The molecule has 2 aromatic rings. The smallest absolute Gasteiger partial charge is 0.239 e. The highest BCUT2D eigenvalue weighted by Gasteiger charge is 2.09. The van der Waals surface area contributed by atoms with Gasteiger partial charge in [-0.3, -0.25) is 9.79 Å². The average Bonchev–Trinajstić information content (AvgIpc) is 2.70. The molecule has 0 saturated carbocycles. The summed E-state index contributed by atoms with van der Waals surface area (Å²) < 4.78 is 0. The average molecular weight is 385 g/mol. The van der Waals surface area contributed by atoms with Crippen LogP contribution in [0.5, 0.6) is 0 Å². The van der Waals surface area contributed by atoms with Crippen LogP contribution < -0.4 is 10.6 Å². The van der Waals surface area contributed by atoms with Crippen molar-refractivity contribution in [2.45, 2.75) is 17.9 Å². The minimum absolute atomic E-state index is 0.0372. The number of nitrogens with one attached hydrogen (secondary N) is 2. The molecule has 0 aliphatic carbocycles. The van der Waals surface area contributed by atoms with E-state index in [2.05, 4.69) is 58.3 Å². The zero-order valence-corrected chi connectivity index (χ0v) is 17.1. The molecule has 0 aromatic heterocycles. The largest absolute Gasteiger partial charge is 0.354 e. The first kappa shape index (κ1) is 20.8. The van der Waals surface area contributed by atoms with E-state index in [-0.39, 0.29) is 12.5 Å². The van der Waals surface area contributed by atoms with E-state index in [9.17, 15) is 4.79 Å². The monoisotopic (exact) mass is 384 g/mol. The molecule has 144 valence electrons. The number of rotatable bonds is 8. The standard InChI is InChI=1S/C21H28N4OS/c1-22-21(25(2)16-18-9-11-19(27-3)12-10-18)24-15-20(26)23-14-13-17-7-5-4-6-8-17/h4-12H,13-16H2,1-3H3,(H,22,24)(H,23,26). The highest BCUT2D eigenvalue weighted by molar-refractivity contribution is 7.98. The summed E-state index contributed by atoms with van der Waals surface area (Å²) in [7, 11) is 3.69. The van der Waals surface area contributed by atoms with Crippen molar-refractivity contribution in [2.75, 3.05) is 33.4 Å². The molecule has 0 bridgehead atoms. The molecule has 2 aromatic carbocycles. The summed E-state index contributed by atoms with van der Waals surface area (Å²) in [5, 5.41) is 6.05. The van der Waals surface area contributed by atoms with Crippen LogP contribution in [0.2, 0.25) is 0 Å². The van der Waals surface area contributed by atoms with Gasteiger partial charge < -0.3 is 15.5 Å². The predicted octanol–water partition coefficient (Wildman–Crippen LogP) is 2.77. The fourth-order valence-electron chi connectivity index (χ4n) is 2.68. The second-order valence-corrected chi connectivity index (χ2v) is 7.07. The van der Waals surface area contributed by atoms with Crippen LogP contribution >= 0.6 is 11.8 Å². The summed E-state index contributed by atoms with van der Waals surface area (Å²) in [5.74, 6) is 0.659. The highest BCUT2D eigenvalue weighted by atomic mass is 32.2. The Morgan fingerprint density at radius 2 is 1.74 bits per heavy atom. The SMILES string of the molecule is CN=C(NCC(=O)NCCc1ccccc1)N(C)Cc1ccc(SC)cc1. The lowest BCUT2D eigenvalue weighted by atomic mass is 10.1. The minimum atomic E-state index is -0.0372. The Labute approximate surface area is 166 Å². The van der Waals surface area contributed by atoms with Gasteiger partial charge in [-0.05, 0) is 35.9 Å². The van der Waals surface area contributed by atoms with Crippen LogP contribution in [-0.4, -0.2) is 50.2 Å². The van der Waals surface area contributed by atoms with Gasteiger partial charge in [0, 0.05) is 32.1 Å². The number of amides is 1. The Bertz CT molecular complexity index is 732. The molecule has 0 aliphatic heterocycles. The molecule has 27 heavy (non-hydrogen) atoms. The van der Waals surface area contributed by atoms with Crippen LogP contribution in [0, 0.1) is 0 Å². The third-order valence-electron chi connectivity index (χ3n) is 4.14. The Kier molecular flexibility index (Phi) is 8.71. The van der Waals surface area contributed by atoms with Gasteiger partial charge in [0.2, 0.25) is 5.91 Å². The second kappa shape index (κ2) is 11.3. The van der Waals surface area contributed by atoms with Crippen LogP contribution in [0.1, 0.15) is 11.1 Å². The van der Waals surface area contributed by atoms with Crippen molar-refractivity contribution in [1.82, 2.24) is 15.5 Å². The zero-order chi connectivity index (χ0) is 19.5. The van der Waals surface area contributed by atoms with Gasteiger partial charge in [0.15, 0.2) is 5.96 Å². The first-order valence-electron chi connectivity index (χ1n) is 8.97. The third-order valence-corrected chi connectivity index (χ3v) is 4.88. The van der Waals surface area contributed by atoms with E-state index in [1.807, 2.05) is 30.1 Å². The van der Waals surface area contributed by atoms with E-state index in [0.29, 0.717) is 12.5 Å². The van der Waals surface area contributed by atoms with Crippen molar-refractivity contribution in [3.8, 4) is 0 Å². The number of thioether (sulfide) groups is 1. The Morgan fingerprint density at radius 1 is 1.04 bits per heavy atom. The fourth-order valence-corrected chi connectivity index (χ4v) is 3.09. The van der Waals surface area contributed by atoms with Crippen molar-refractivity contribution < 1.29 is 4.79 Å². The molecule has 6 heteroatoms. The van der Waals surface area contributed by atoms with Crippen molar-refractivity contribution in [2.24, 2.45) is 4.99 Å². The lowest BCUT2D eigenvalue weighted by molar-refractivity contribution is -0.120. The van der Waals surface area contributed by atoms with Gasteiger partial charge in [-0.15, -0.1) is 11.8 Å². The first-order valence-corrected chi connectivity index (χ1v) is 10.2. The molecular formula is C21H28N4OS. The number of hydrogen-bond donors (Lipinski definition) is 2. The number of nitrogens with zero attached hydrogens (tertiary/aromatic N) is 2. The van der Waals surface area contributed by atoms with E-state index >= 15 is 0 Å². The van der Waals surface area contributed by atoms with Crippen LogP contribution in [0.4, 0.5) is 0 Å². The number of aliphatic imine (C=N–C) groups is 1. The second-order valence-electron chi connectivity index (χ2n) is 6.19. The van der Waals surface area contributed by atoms with Crippen LogP contribution in [0.3, 0.4) is 0 Å². The fraction of sp³-hybridized carbons (Fsp3) is 0.333. The molecular weight excluding hydrogens is 356 g/mol. The maximum atomic E-state index is 12.1. The molecule has 2 rings (SSSR count). The van der Waals surface area contributed by atoms with Gasteiger partial charge in [0.1, 0.15) is 0 Å². The Morgan fingerprint density at radius 3 is 2.37 bits per heavy atom. The summed E-state index contributed by atoms with van der Waals surface area (Å²) in [6.45, 7) is 1.56. The van der Waals surface area contributed by atoms with Gasteiger partial charge >= 0.3 is 0 Å². The zero-order valence-electron chi connectivity index (χ0n) is 16.2. The van der Waals surface area contributed by atoms with Gasteiger partial charge in [-0.1, -0.05) is 42.5 Å². The topological polar surface area (TPSA) is 56.7 Å². The maximum Gasteiger partial charge on any atom is 0.239 e. The molecule has 0 radical (unpaired) electrons. The summed E-state index contributed by atoms with van der Waals surface area (Å²) in [4.78, 5) is 19.6. The van der Waals surface area contributed by atoms with Gasteiger partial charge in [0.05, 0.1) is 6.54 Å². The molecule has 0 spiro atoms. The van der Waals surface area contributed by atoms with E-state index in [4.69, 9.17) is 0 Å². The van der Waals surface area contributed by atoms with Crippen LogP contribution in [-0.2, 0) is 17.8 Å². The first-order chi connectivity index (χ1) is 13.1. The van der Waals surface area contributed by atoms with E-state index in [1.54, 1.807) is 18.8 Å². The van der Waals surface area contributed by atoms with Crippen molar-refractivity contribution in [1.29, 1.82) is 0 Å². The van der Waals surface area contributed by atoms with Gasteiger partial charge in [-0.25, -0.2) is 0 Å². The van der Waals surface area contributed by atoms with Crippen LogP contribution in [0.15, 0.2) is 64.5 Å². The molecule has 5 nitrogen and oxygen atoms in total. The third kappa shape index (κ3) is 7.35. The number of carbonyl (C=O) groups is 1. The molecule has 0 unspecified atom stereocenters. The lowest BCUT2D eigenvalue weighted by Gasteiger charge is -2.22. The molecule has 0 atom stereocenters. The van der Waals surface area contributed by atoms with E-state index < -0.39 is 0 Å². The van der Waals surface area contributed by atoms with Crippen LogP contribution in [0.25, 0.3) is 0 Å². The maximum absolute atomic E-state index is 12.1. The number of guanidine groups is 1. The number of hydrogen-bond acceptors (Lipinski definition) is 3. The Balaban J connectivity index is 1.73. The number of carbonyl (C=O) groups excluding carboxylic acids is 1. The van der Waals surface area contributed by atoms with Crippen molar-refractivity contribution >= 4 is 23.6 Å². The quantitative estimate of drug-likeness (QED) is 0.417. The predicted molar refractivity (Wildman–Crippen MR) is 114 cm³/mol.